The van der Waals surface area contributed by atoms with Gasteiger partial charge in [0.25, 0.3) is 0 Å². The van der Waals surface area contributed by atoms with Crippen LogP contribution in [-0.4, -0.2) is 29.1 Å². The van der Waals surface area contributed by atoms with Crippen LogP contribution in [0, 0.1) is 5.92 Å². The van der Waals surface area contributed by atoms with Gasteiger partial charge in [-0.25, -0.2) is 4.98 Å². The lowest BCUT2D eigenvalue weighted by Crippen LogP contribution is -2.27. The highest BCUT2D eigenvalue weighted by atomic mass is 35.5. The van der Waals surface area contributed by atoms with Crippen LogP contribution in [0.15, 0.2) is 4.42 Å². The molecule has 2 aromatic rings. The lowest BCUT2D eigenvalue weighted by Gasteiger charge is -2.17. The third-order valence-electron chi connectivity index (χ3n) is 4.65. The van der Waals surface area contributed by atoms with E-state index in [0.717, 1.165) is 55.0 Å². The predicted molar refractivity (Wildman–Crippen MR) is 89.5 cm³/mol. The normalized spacial score (nSPS) is 24.4. The molecule has 7 heteroatoms. The van der Waals surface area contributed by atoms with E-state index in [2.05, 4.69) is 21.8 Å². The second-order valence-electron chi connectivity index (χ2n) is 6.43. The number of hydrogen-bond acceptors (Lipinski definition) is 6. The van der Waals surface area contributed by atoms with E-state index >= 15 is 0 Å². The molecular formula is C15H22ClN5O. The summed E-state index contributed by atoms with van der Waals surface area (Å²) in [6.07, 6.45) is 4.13. The molecule has 4 N–H and O–H groups in total. The fourth-order valence-corrected chi connectivity index (χ4v) is 3.51. The maximum absolute atomic E-state index is 6.11. The zero-order chi connectivity index (χ0) is 14.6. The highest BCUT2D eigenvalue weighted by molar-refractivity contribution is 5.89. The molecule has 1 fully saturated rings. The minimum atomic E-state index is 0. The quantitative estimate of drug-likeness (QED) is 0.832. The minimum Gasteiger partial charge on any atom is -0.455 e. The second kappa shape index (κ2) is 5.59. The molecule has 0 saturated carbocycles. The number of nitrogens with two attached hydrogens (primary N) is 2. The van der Waals surface area contributed by atoms with Crippen molar-refractivity contribution in [2.45, 2.75) is 38.6 Å². The highest BCUT2D eigenvalue weighted by Gasteiger charge is 2.29. The molecule has 22 heavy (non-hydrogen) atoms. The predicted octanol–water partition coefficient (Wildman–Crippen LogP) is 1.89. The molecule has 120 valence electrons. The summed E-state index contributed by atoms with van der Waals surface area (Å²) in [7, 11) is 0. The van der Waals surface area contributed by atoms with Crippen molar-refractivity contribution >= 4 is 35.3 Å². The third kappa shape index (κ3) is 2.40. The van der Waals surface area contributed by atoms with Crippen molar-refractivity contribution in [2.24, 2.45) is 11.7 Å². The molecule has 1 saturated heterocycles. The average Bonchev–Trinajstić information content (AvgIpc) is 3.02. The van der Waals surface area contributed by atoms with Crippen LogP contribution < -0.4 is 16.4 Å². The van der Waals surface area contributed by atoms with Crippen molar-refractivity contribution in [2.75, 3.05) is 23.7 Å². The SMILES string of the molecule is CC1CCc2oc3c(N4CC[C@@H](N)C4)nc(N)nc3c2C1.Cl. The molecule has 2 atom stereocenters. The minimum absolute atomic E-state index is 0. The second-order valence-corrected chi connectivity index (χ2v) is 6.43. The van der Waals surface area contributed by atoms with E-state index < -0.39 is 0 Å². The van der Waals surface area contributed by atoms with E-state index in [0.29, 0.717) is 11.9 Å². The Bertz CT molecular complexity index is 701. The fourth-order valence-electron chi connectivity index (χ4n) is 3.51. The zero-order valence-electron chi connectivity index (χ0n) is 12.7. The van der Waals surface area contributed by atoms with Crippen molar-refractivity contribution in [3.05, 3.63) is 11.3 Å². The standard InChI is InChI=1S/C15H21N5O.ClH/c1-8-2-3-11-10(6-8)12-13(21-11)14(19-15(17)18-12)20-5-4-9(16)7-20;/h8-9H,2-7,16H2,1H3,(H2,17,18,19);1H/t8?,9-;/m1./s1. The van der Waals surface area contributed by atoms with Crippen LogP contribution in [0.3, 0.4) is 0 Å². The Morgan fingerprint density at radius 3 is 2.82 bits per heavy atom. The number of hydrogen-bond donors (Lipinski definition) is 2. The van der Waals surface area contributed by atoms with Crippen molar-refractivity contribution in [3.63, 3.8) is 0 Å². The lowest BCUT2D eigenvalue weighted by atomic mass is 9.89. The number of anilines is 2. The third-order valence-corrected chi connectivity index (χ3v) is 4.65. The number of furan rings is 1. The van der Waals surface area contributed by atoms with Crippen LogP contribution in [0.5, 0.6) is 0 Å². The van der Waals surface area contributed by atoms with Crippen LogP contribution in [-0.2, 0) is 12.8 Å². The van der Waals surface area contributed by atoms with Gasteiger partial charge in [0.1, 0.15) is 11.3 Å². The summed E-state index contributed by atoms with van der Waals surface area (Å²) in [4.78, 5) is 11.0. The highest BCUT2D eigenvalue weighted by Crippen LogP contribution is 2.37. The van der Waals surface area contributed by atoms with Gasteiger partial charge in [0.05, 0.1) is 0 Å². The maximum atomic E-state index is 6.11. The van der Waals surface area contributed by atoms with E-state index in [-0.39, 0.29) is 18.4 Å². The first-order valence-electron chi connectivity index (χ1n) is 7.70. The summed E-state index contributed by atoms with van der Waals surface area (Å²) in [5.41, 5.74) is 14.9. The Morgan fingerprint density at radius 1 is 1.27 bits per heavy atom. The Hall–Kier alpha value is -1.53. The molecule has 0 bridgehead atoms. The summed E-state index contributed by atoms with van der Waals surface area (Å²) in [6.45, 7) is 3.97. The van der Waals surface area contributed by atoms with Gasteiger partial charge < -0.3 is 20.8 Å². The van der Waals surface area contributed by atoms with E-state index in [1.807, 2.05) is 0 Å². The summed E-state index contributed by atoms with van der Waals surface area (Å²) < 4.78 is 6.11. The van der Waals surface area contributed by atoms with E-state index in [9.17, 15) is 0 Å². The molecule has 3 heterocycles. The number of nitrogen functional groups attached to an aromatic ring is 1. The van der Waals surface area contributed by atoms with Crippen molar-refractivity contribution in [3.8, 4) is 0 Å². The summed E-state index contributed by atoms with van der Waals surface area (Å²) in [5, 5.41) is 0. The molecular weight excluding hydrogens is 302 g/mol. The number of halogens is 1. The van der Waals surface area contributed by atoms with Crippen LogP contribution >= 0.6 is 12.4 Å². The molecule has 0 spiro atoms. The molecule has 6 nitrogen and oxygen atoms in total. The fraction of sp³-hybridized carbons (Fsp3) is 0.600. The van der Waals surface area contributed by atoms with E-state index in [1.165, 1.54) is 12.0 Å². The molecule has 4 rings (SSSR count). The van der Waals surface area contributed by atoms with Crippen molar-refractivity contribution in [1.29, 1.82) is 0 Å². The van der Waals surface area contributed by atoms with Crippen molar-refractivity contribution < 1.29 is 4.42 Å². The topological polar surface area (TPSA) is 94.2 Å². The van der Waals surface area contributed by atoms with Crippen LogP contribution in [0.4, 0.5) is 11.8 Å². The number of aryl methyl sites for hydroxylation is 1. The molecule has 0 amide bonds. The lowest BCUT2D eigenvalue weighted by molar-refractivity contribution is 0.438. The van der Waals surface area contributed by atoms with Gasteiger partial charge in [0.2, 0.25) is 5.95 Å². The first-order chi connectivity index (χ1) is 10.1. The van der Waals surface area contributed by atoms with Gasteiger partial charge >= 0.3 is 0 Å². The van der Waals surface area contributed by atoms with Gasteiger partial charge in [0, 0.05) is 31.1 Å². The van der Waals surface area contributed by atoms with Gasteiger partial charge in [-0.3, -0.25) is 0 Å². The summed E-state index contributed by atoms with van der Waals surface area (Å²) in [5.74, 6) is 2.86. The molecule has 0 radical (unpaired) electrons. The number of nitrogens with zero attached hydrogens (tertiary/aromatic N) is 3. The van der Waals surface area contributed by atoms with E-state index in [1.54, 1.807) is 0 Å². The van der Waals surface area contributed by atoms with Crippen LogP contribution in [0.2, 0.25) is 0 Å². The Labute approximate surface area is 135 Å². The van der Waals surface area contributed by atoms with Gasteiger partial charge in [-0.15, -0.1) is 12.4 Å². The maximum Gasteiger partial charge on any atom is 0.222 e. The average molecular weight is 324 g/mol. The van der Waals surface area contributed by atoms with Crippen LogP contribution in [0.25, 0.3) is 11.1 Å². The molecule has 2 aliphatic rings. The van der Waals surface area contributed by atoms with Gasteiger partial charge in [0.15, 0.2) is 11.4 Å². The largest absolute Gasteiger partial charge is 0.455 e. The molecule has 1 aliphatic carbocycles. The first kappa shape index (κ1) is 15.4. The van der Waals surface area contributed by atoms with Gasteiger partial charge in [-0.2, -0.15) is 4.98 Å². The Morgan fingerprint density at radius 2 is 2.09 bits per heavy atom. The number of aromatic nitrogens is 2. The monoisotopic (exact) mass is 323 g/mol. The van der Waals surface area contributed by atoms with E-state index in [4.69, 9.17) is 15.9 Å². The van der Waals surface area contributed by atoms with Gasteiger partial charge in [-0.05, 0) is 25.2 Å². The molecule has 1 unspecified atom stereocenters. The van der Waals surface area contributed by atoms with Gasteiger partial charge in [-0.1, -0.05) is 6.92 Å². The van der Waals surface area contributed by atoms with Crippen LogP contribution in [0.1, 0.15) is 31.1 Å². The summed E-state index contributed by atoms with van der Waals surface area (Å²) in [6, 6.07) is 0.195. The number of fused-ring (bicyclic) bond motifs is 3. The smallest absolute Gasteiger partial charge is 0.222 e. The van der Waals surface area contributed by atoms with Crippen molar-refractivity contribution in [1.82, 2.24) is 9.97 Å². The number of rotatable bonds is 1. The Balaban J connectivity index is 0.00000144. The molecule has 2 aromatic heterocycles. The first-order valence-corrected chi connectivity index (χ1v) is 7.70. The molecule has 1 aliphatic heterocycles. The Kier molecular flexibility index (Phi) is 3.91. The molecule has 0 aromatic carbocycles. The zero-order valence-corrected chi connectivity index (χ0v) is 13.5. The summed E-state index contributed by atoms with van der Waals surface area (Å²) >= 11 is 0.